The van der Waals surface area contributed by atoms with Gasteiger partial charge in [0.1, 0.15) is 11.6 Å². The average molecular weight is 206 g/mol. The van der Waals surface area contributed by atoms with Gasteiger partial charge in [-0.15, -0.1) is 0 Å². The summed E-state index contributed by atoms with van der Waals surface area (Å²) >= 11 is 0. The summed E-state index contributed by atoms with van der Waals surface area (Å²) in [5.41, 5.74) is -0.825. The van der Waals surface area contributed by atoms with E-state index in [1.54, 1.807) is 0 Å². The SMILES string of the molecule is Cc1cc(C(=O)C(F)F)c(F)cc1F. The van der Waals surface area contributed by atoms with Crippen molar-refractivity contribution in [3.8, 4) is 0 Å². The van der Waals surface area contributed by atoms with Crippen molar-refractivity contribution in [3.63, 3.8) is 0 Å². The fourth-order valence-corrected chi connectivity index (χ4v) is 0.964. The van der Waals surface area contributed by atoms with Crippen molar-refractivity contribution in [3.05, 3.63) is 34.9 Å². The summed E-state index contributed by atoms with van der Waals surface area (Å²) < 4.78 is 49.4. The van der Waals surface area contributed by atoms with Crippen LogP contribution in [0.4, 0.5) is 17.6 Å². The van der Waals surface area contributed by atoms with Gasteiger partial charge < -0.3 is 0 Å². The van der Waals surface area contributed by atoms with Crippen LogP contribution in [-0.4, -0.2) is 12.2 Å². The Morgan fingerprint density at radius 1 is 1.21 bits per heavy atom. The van der Waals surface area contributed by atoms with E-state index in [0.29, 0.717) is 6.07 Å². The first kappa shape index (κ1) is 10.7. The van der Waals surface area contributed by atoms with E-state index in [0.717, 1.165) is 6.07 Å². The molecule has 0 saturated carbocycles. The Hall–Kier alpha value is -1.39. The maximum absolute atomic E-state index is 12.8. The first-order valence-electron chi connectivity index (χ1n) is 3.71. The van der Waals surface area contributed by atoms with Crippen molar-refractivity contribution in [1.82, 2.24) is 0 Å². The van der Waals surface area contributed by atoms with Gasteiger partial charge in [0.2, 0.25) is 5.78 Å². The number of carbonyl (C=O) groups is 1. The lowest BCUT2D eigenvalue weighted by Crippen LogP contribution is -2.13. The third kappa shape index (κ3) is 1.92. The number of aryl methyl sites for hydroxylation is 1. The molecule has 0 heterocycles. The van der Waals surface area contributed by atoms with Crippen LogP contribution >= 0.6 is 0 Å². The van der Waals surface area contributed by atoms with E-state index in [-0.39, 0.29) is 5.56 Å². The first-order valence-corrected chi connectivity index (χ1v) is 3.71. The van der Waals surface area contributed by atoms with Gasteiger partial charge in [-0.3, -0.25) is 4.79 Å². The molecule has 0 bridgehead atoms. The topological polar surface area (TPSA) is 17.1 Å². The highest BCUT2D eigenvalue weighted by Crippen LogP contribution is 2.17. The molecule has 0 atom stereocenters. The highest BCUT2D eigenvalue weighted by atomic mass is 19.3. The molecule has 0 fully saturated rings. The van der Waals surface area contributed by atoms with Crippen LogP contribution < -0.4 is 0 Å². The quantitative estimate of drug-likeness (QED) is 0.537. The Morgan fingerprint density at radius 2 is 1.79 bits per heavy atom. The van der Waals surface area contributed by atoms with Crippen molar-refractivity contribution in [2.75, 3.05) is 0 Å². The predicted octanol–water partition coefficient (Wildman–Crippen LogP) is 2.72. The van der Waals surface area contributed by atoms with E-state index in [4.69, 9.17) is 0 Å². The number of hydrogen-bond donors (Lipinski definition) is 0. The fraction of sp³-hybridized carbons (Fsp3) is 0.222. The summed E-state index contributed by atoms with van der Waals surface area (Å²) in [6.45, 7) is 1.26. The minimum Gasteiger partial charge on any atom is -0.288 e. The number of halogens is 4. The maximum atomic E-state index is 12.8. The monoisotopic (exact) mass is 206 g/mol. The number of ketones is 1. The summed E-state index contributed by atoms with van der Waals surface area (Å²) in [6, 6.07) is 1.20. The van der Waals surface area contributed by atoms with Crippen LogP contribution in [0.15, 0.2) is 12.1 Å². The Labute approximate surface area is 77.3 Å². The van der Waals surface area contributed by atoms with Crippen LogP contribution in [0, 0.1) is 18.6 Å². The Bertz CT molecular complexity index is 373. The molecule has 0 aromatic heterocycles. The van der Waals surface area contributed by atoms with E-state index in [2.05, 4.69) is 0 Å². The molecule has 0 amide bonds. The summed E-state index contributed by atoms with van der Waals surface area (Å²) in [7, 11) is 0. The third-order valence-corrected chi connectivity index (χ3v) is 1.71. The molecule has 76 valence electrons. The van der Waals surface area contributed by atoms with E-state index in [9.17, 15) is 22.4 Å². The number of Topliss-reactive ketones (excluding diaryl/α,β-unsaturated/α-hetero) is 1. The second kappa shape index (κ2) is 3.77. The van der Waals surface area contributed by atoms with Gasteiger partial charge in [0, 0.05) is 6.07 Å². The van der Waals surface area contributed by atoms with Gasteiger partial charge in [-0.25, -0.2) is 17.6 Å². The summed E-state index contributed by atoms with van der Waals surface area (Å²) in [6.07, 6.45) is -3.28. The Morgan fingerprint density at radius 3 is 2.29 bits per heavy atom. The number of rotatable bonds is 2. The van der Waals surface area contributed by atoms with Gasteiger partial charge in [0.15, 0.2) is 0 Å². The highest BCUT2D eigenvalue weighted by Gasteiger charge is 2.22. The lowest BCUT2D eigenvalue weighted by Gasteiger charge is -2.03. The molecule has 0 N–H and O–H groups in total. The van der Waals surface area contributed by atoms with Crippen LogP contribution in [0.1, 0.15) is 15.9 Å². The van der Waals surface area contributed by atoms with Crippen molar-refractivity contribution in [1.29, 1.82) is 0 Å². The number of hydrogen-bond acceptors (Lipinski definition) is 1. The minimum absolute atomic E-state index is 0.0459. The maximum Gasteiger partial charge on any atom is 0.300 e. The smallest absolute Gasteiger partial charge is 0.288 e. The van der Waals surface area contributed by atoms with Crippen LogP contribution in [0.2, 0.25) is 0 Å². The third-order valence-electron chi connectivity index (χ3n) is 1.71. The zero-order valence-electron chi connectivity index (χ0n) is 7.15. The van der Waals surface area contributed by atoms with Crippen molar-refractivity contribution in [2.24, 2.45) is 0 Å². The standard InChI is InChI=1S/C9H6F4O/c1-4-2-5(8(14)9(12)13)7(11)3-6(4)10/h2-3,9H,1H3. The summed E-state index contributed by atoms with van der Waals surface area (Å²) in [5, 5.41) is 0. The van der Waals surface area contributed by atoms with Crippen LogP contribution in [-0.2, 0) is 0 Å². The van der Waals surface area contributed by atoms with E-state index >= 15 is 0 Å². The largest absolute Gasteiger partial charge is 0.300 e. The molecule has 0 aliphatic carbocycles. The molecule has 0 spiro atoms. The van der Waals surface area contributed by atoms with Crippen LogP contribution in [0.25, 0.3) is 0 Å². The van der Waals surface area contributed by atoms with Gasteiger partial charge in [-0.2, -0.15) is 0 Å². The minimum atomic E-state index is -3.28. The fourth-order valence-electron chi connectivity index (χ4n) is 0.964. The normalized spacial score (nSPS) is 10.7. The molecular formula is C9H6F4O. The lowest BCUT2D eigenvalue weighted by molar-refractivity contribution is 0.0674. The average Bonchev–Trinajstić information content (AvgIpc) is 2.10. The van der Waals surface area contributed by atoms with Gasteiger partial charge in [-0.1, -0.05) is 0 Å². The van der Waals surface area contributed by atoms with Crippen molar-refractivity contribution < 1.29 is 22.4 Å². The van der Waals surface area contributed by atoms with Crippen molar-refractivity contribution in [2.45, 2.75) is 13.3 Å². The second-order valence-corrected chi connectivity index (χ2v) is 2.75. The molecule has 1 nitrogen and oxygen atoms in total. The summed E-state index contributed by atoms with van der Waals surface area (Å²) in [4.78, 5) is 10.7. The first-order chi connectivity index (χ1) is 6.43. The molecular weight excluding hydrogens is 200 g/mol. The highest BCUT2D eigenvalue weighted by molar-refractivity contribution is 5.98. The zero-order chi connectivity index (χ0) is 10.9. The Kier molecular flexibility index (Phi) is 2.88. The Balaban J connectivity index is 3.22. The number of carbonyl (C=O) groups excluding carboxylic acids is 1. The molecule has 1 aromatic carbocycles. The van der Waals surface area contributed by atoms with Gasteiger partial charge >= 0.3 is 6.43 Å². The van der Waals surface area contributed by atoms with E-state index in [1.807, 2.05) is 0 Å². The number of benzene rings is 1. The van der Waals surface area contributed by atoms with Crippen LogP contribution in [0.3, 0.4) is 0 Å². The molecule has 1 rings (SSSR count). The van der Waals surface area contributed by atoms with Gasteiger partial charge in [-0.05, 0) is 18.6 Å². The lowest BCUT2D eigenvalue weighted by atomic mass is 10.1. The number of alkyl halides is 2. The predicted molar refractivity (Wildman–Crippen MR) is 41.4 cm³/mol. The van der Waals surface area contributed by atoms with E-state index in [1.165, 1.54) is 6.92 Å². The molecule has 0 aliphatic rings. The van der Waals surface area contributed by atoms with E-state index < -0.39 is 29.4 Å². The van der Waals surface area contributed by atoms with Gasteiger partial charge in [0.25, 0.3) is 0 Å². The zero-order valence-corrected chi connectivity index (χ0v) is 7.15. The van der Waals surface area contributed by atoms with Crippen molar-refractivity contribution >= 4 is 5.78 Å². The molecule has 0 radical (unpaired) electrons. The molecule has 0 aliphatic heterocycles. The molecule has 5 heteroatoms. The van der Waals surface area contributed by atoms with Gasteiger partial charge in [0.05, 0.1) is 5.56 Å². The molecule has 0 unspecified atom stereocenters. The van der Waals surface area contributed by atoms with Crippen LogP contribution in [0.5, 0.6) is 0 Å². The molecule has 0 saturated heterocycles. The summed E-state index contributed by atoms with van der Waals surface area (Å²) in [5.74, 6) is -3.77. The molecule has 1 aromatic rings. The second-order valence-electron chi connectivity index (χ2n) is 2.75. The molecule has 14 heavy (non-hydrogen) atoms.